The summed E-state index contributed by atoms with van der Waals surface area (Å²) < 4.78 is 31.5. The van der Waals surface area contributed by atoms with E-state index in [0.717, 1.165) is 0 Å². The van der Waals surface area contributed by atoms with E-state index in [1.165, 1.54) is 6.92 Å². The normalized spacial score (nSPS) is 35.3. The zero-order valence-electron chi connectivity index (χ0n) is 10.9. The van der Waals surface area contributed by atoms with Gasteiger partial charge in [-0.15, -0.1) is 0 Å². The summed E-state index contributed by atoms with van der Waals surface area (Å²) in [4.78, 5) is 12.8. The fourth-order valence-corrected chi connectivity index (χ4v) is 2.55. The van der Waals surface area contributed by atoms with Gasteiger partial charge in [-0.05, 0) is 0 Å². The highest BCUT2D eigenvalue weighted by molar-refractivity contribution is 5.73. The van der Waals surface area contributed by atoms with Gasteiger partial charge in [0.05, 0.1) is 18.8 Å². The Morgan fingerprint density at radius 2 is 2.11 bits per heavy atom. The molecule has 3 atom stereocenters. The molecule has 3 unspecified atom stereocenters. The van der Waals surface area contributed by atoms with Gasteiger partial charge in [0, 0.05) is 39.4 Å². The molecule has 7 heteroatoms. The van der Waals surface area contributed by atoms with Crippen LogP contribution in [0.25, 0.3) is 0 Å². The fraction of sp³-hybridized carbons (Fsp3) is 0.917. The molecule has 19 heavy (non-hydrogen) atoms. The van der Waals surface area contributed by atoms with Crippen LogP contribution in [0, 0.1) is 0 Å². The first-order valence-corrected chi connectivity index (χ1v) is 6.54. The number of halogens is 2. The Balaban J connectivity index is 1.79. The third kappa shape index (κ3) is 3.84. The van der Waals surface area contributed by atoms with Crippen molar-refractivity contribution in [2.45, 2.75) is 43.9 Å². The first kappa shape index (κ1) is 14.6. The number of amides is 1. The first-order valence-electron chi connectivity index (χ1n) is 6.54. The molecule has 1 amide bonds. The largest absolute Gasteiger partial charge is 0.388 e. The number of hydrogen-bond donors (Lipinski definition) is 2. The molecule has 0 radical (unpaired) electrons. The number of alkyl halides is 2. The van der Waals surface area contributed by atoms with Crippen LogP contribution in [-0.4, -0.2) is 66.3 Å². The van der Waals surface area contributed by atoms with E-state index >= 15 is 0 Å². The third-order valence-electron chi connectivity index (χ3n) is 3.70. The number of hydrogen-bond acceptors (Lipinski definition) is 4. The van der Waals surface area contributed by atoms with Crippen LogP contribution in [0.15, 0.2) is 0 Å². The zero-order valence-corrected chi connectivity index (χ0v) is 10.9. The lowest BCUT2D eigenvalue weighted by atomic mass is 10.0. The summed E-state index contributed by atoms with van der Waals surface area (Å²) in [7, 11) is 0. The number of carbonyl (C=O) groups is 1. The summed E-state index contributed by atoms with van der Waals surface area (Å²) in [6.07, 6.45) is -1.51. The molecule has 0 aromatic carbocycles. The molecule has 0 saturated carbocycles. The van der Waals surface area contributed by atoms with Crippen molar-refractivity contribution in [1.29, 1.82) is 0 Å². The minimum absolute atomic E-state index is 0.148. The van der Waals surface area contributed by atoms with Crippen molar-refractivity contribution in [2.24, 2.45) is 0 Å². The van der Waals surface area contributed by atoms with Gasteiger partial charge in [0.1, 0.15) is 6.10 Å². The van der Waals surface area contributed by atoms with Crippen molar-refractivity contribution < 1.29 is 23.4 Å². The molecule has 0 aromatic rings. The van der Waals surface area contributed by atoms with Crippen LogP contribution in [-0.2, 0) is 9.53 Å². The lowest BCUT2D eigenvalue weighted by Gasteiger charge is -2.33. The first-order chi connectivity index (χ1) is 8.87. The van der Waals surface area contributed by atoms with Crippen molar-refractivity contribution in [3.8, 4) is 0 Å². The highest BCUT2D eigenvalue weighted by Crippen LogP contribution is 2.28. The standard InChI is InChI=1S/C12H20F2N2O3/c1-8(17)15-9-7-19-10(11(9)18)6-16-4-2-12(13,14)3-5-16/h9-11,18H,2-7H2,1H3,(H,15,17). The average molecular weight is 278 g/mol. The Morgan fingerprint density at radius 1 is 1.47 bits per heavy atom. The van der Waals surface area contributed by atoms with Crippen LogP contribution in [0.3, 0.4) is 0 Å². The van der Waals surface area contributed by atoms with Crippen molar-refractivity contribution in [3.05, 3.63) is 0 Å². The number of carbonyl (C=O) groups excluding carboxylic acids is 1. The number of ether oxygens (including phenoxy) is 1. The van der Waals surface area contributed by atoms with E-state index in [4.69, 9.17) is 4.74 Å². The van der Waals surface area contributed by atoms with Crippen molar-refractivity contribution in [2.75, 3.05) is 26.2 Å². The van der Waals surface area contributed by atoms with Gasteiger partial charge in [0.15, 0.2) is 0 Å². The van der Waals surface area contributed by atoms with Crippen LogP contribution in [0.2, 0.25) is 0 Å². The van der Waals surface area contributed by atoms with E-state index in [1.54, 1.807) is 0 Å². The third-order valence-corrected chi connectivity index (χ3v) is 3.70. The molecule has 2 heterocycles. The molecule has 0 aromatic heterocycles. The molecule has 2 saturated heterocycles. The van der Waals surface area contributed by atoms with E-state index in [9.17, 15) is 18.7 Å². The lowest BCUT2D eigenvalue weighted by molar-refractivity contribution is -0.120. The van der Waals surface area contributed by atoms with Crippen LogP contribution >= 0.6 is 0 Å². The Kier molecular flexibility index (Phi) is 4.37. The number of aliphatic hydroxyl groups excluding tert-OH is 1. The highest BCUT2D eigenvalue weighted by atomic mass is 19.3. The molecule has 5 nitrogen and oxygen atoms in total. The highest BCUT2D eigenvalue weighted by Gasteiger charge is 2.39. The van der Waals surface area contributed by atoms with Crippen LogP contribution in [0.4, 0.5) is 8.78 Å². The van der Waals surface area contributed by atoms with Gasteiger partial charge in [0.2, 0.25) is 5.91 Å². The predicted molar refractivity (Wildman–Crippen MR) is 64.0 cm³/mol. The van der Waals surface area contributed by atoms with E-state index in [-0.39, 0.29) is 25.4 Å². The summed E-state index contributed by atoms with van der Waals surface area (Å²) in [6, 6.07) is -0.409. The molecule has 110 valence electrons. The van der Waals surface area contributed by atoms with Gasteiger partial charge in [-0.1, -0.05) is 0 Å². The minimum Gasteiger partial charge on any atom is -0.388 e. The monoisotopic (exact) mass is 278 g/mol. The maximum atomic E-state index is 13.0. The van der Waals surface area contributed by atoms with E-state index in [1.807, 2.05) is 4.90 Å². The van der Waals surface area contributed by atoms with Crippen molar-refractivity contribution in [3.63, 3.8) is 0 Å². The Hall–Kier alpha value is -0.790. The van der Waals surface area contributed by atoms with Gasteiger partial charge in [-0.3, -0.25) is 4.79 Å². The zero-order chi connectivity index (χ0) is 14.0. The van der Waals surface area contributed by atoms with Gasteiger partial charge < -0.3 is 20.1 Å². The number of nitrogens with zero attached hydrogens (tertiary/aromatic N) is 1. The number of aliphatic hydroxyl groups is 1. The molecule has 2 fully saturated rings. The van der Waals surface area contributed by atoms with Crippen LogP contribution < -0.4 is 5.32 Å². The number of rotatable bonds is 3. The summed E-state index contributed by atoms with van der Waals surface area (Å²) in [5.41, 5.74) is 0. The minimum atomic E-state index is -2.57. The summed E-state index contributed by atoms with van der Waals surface area (Å²) in [5.74, 6) is -2.78. The molecule has 0 bridgehead atoms. The second kappa shape index (κ2) is 5.68. The molecular formula is C12H20F2N2O3. The van der Waals surface area contributed by atoms with Gasteiger partial charge >= 0.3 is 0 Å². The summed E-state index contributed by atoms with van der Waals surface area (Å²) in [6.45, 7) is 2.68. The van der Waals surface area contributed by atoms with E-state index in [0.29, 0.717) is 19.6 Å². The van der Waals surface area contributed by atoms with Gasteiger partial charge in [-0.25, -0.2) is 8.78 Å². The number of nitrogens with one attached hydrogen (secondary N) is 1. The van der Waals surface area contributed by atoms with Crippen LogP contribution in [0.5, 0.6) is 0 Å². The molecular weight excluding hydrogens is 258 g/mol. The molecule has 2 aliphatic rings. The van der Waals surface area contributed by atoms with Crippen LogP contribution in [0.1, 0.15) is 19.8 Å². The summed E-state index contributed by atoms with van der Waals surface area (Å²) >= 11 is 0. The van der Waals surface area contributed by atoms with Crippen molar-refractivity contribution >= 4 is 5.91 Å². The maximum Gasteiger partial charge on any atom is 0.250 e. The van der Waals surface area contributed by atoms with E-state index < -0.39 is 24.2 Å². The molecule has 2 N–H and O–H groups in total. The van der Waals surface area contributed by atoms with Gasteiger partial charge in [-0.2, -0.15) is 0 Å². The lowest BCUT2D eigenvalue weighted by Crippen LogP contribution is -2.48. The molecule has 2 aliphatic heterocycles. The average Bonchev–Trinajstić information content (AvgIpc) is 2.64. The maximum absolute atomic E-state index is 13.0. The Labute approximate surface area is 110 Å². The fourth-order valence-electron chi connectivity index (χ4n) is 2.55. The number of piperidine rings is 1. The smallest absolute Gasteiger partial charge is 0.250 e. The second-order valence-corrected chi connectivity index (χ2v) is 5.33. The predicted octanol–water partition coefficient (Wildman–Crippen LogP) is -0.0181. The van der Waals surface area contributed by atoms with E-state index in [2.05, 4.69) is 5.32 Å². The topological polar surface area (TPSA) is 61.8 Å². The molecule has 0 aliphatic carbocycles. The number of likely N-dealkylation sites (tertiary alicyclic amines) is 1. The Bertz CT molecular complexity index is 331. The molecule has 0 spiro atoms. The molecule has 2 rings (SSSR count). The Morgan fingerprint density at radius 3 is 2.68 bits per heavy atom. The van der Waals surface area contributed by atoms with Crippen molar-refractivity contribution in [1.82, 2.24) is 10.2 Å². The SMILES string of the molecule is CC(=O)NC1COC(CN2CCC(F)(F)CC2)C1O. The quantitative estimate of drug-likeness (QED) is 0.762. The van der Waals surface area contributed by atoms with Gasteiger partial charge in [0.25, 0.3) is 5.92 Å². The summed E-state index contributed by atoms with van der Waals surface area (Å²) in [5, 5.41) is 12.6. The second-order valence-electron chi connectivity index (χ2n) is 5.33.